The predicted molar refractivity (Wildman–Crippen MR) is 117 cm³/mol. The molecule has 29 heavy (non-hydrogen) atoms. The number of aromatic nitrogens is 2. The monoisotopic (exact) mass is 406 g/mol. The van der Waals surface area contributed by atoms with Crippen LogP contribution in [0.1, 0.15) is 32.6 Å². The number of anilines is 2. The smallest absolute Gasteiger partial charge is 0.224 e. The number of carbonyl (C=O) groups is 1. The molecule has 148 valence electrons. The molecule has 0 unspecified atom stereocenters. The molecule has 2 bridgehead atoms. The second-order valence-electron chi connectivity index (χ2n) is 8.26. The average Bonchev–Trinajstić information content (AvgIpc) is 3.30. The molecular weight excluding hydrogens is 384 g/mol. The third-order valence-corrected chi connectivity index (χ3v) is 6.41. The van der Waals surface area contributed by atoms with E-state index < -0.39 is 0 Å². The van der Waals surface area contributed by atoms with Gasteiger partial charge >= 0.3 is 0 Å². The van der Waals surface area contributed by atoms with E-state index in [4.69, 9.17) is 11.6 Å². The lowest BCUT2D eigenvalue weighted by atomic mass is 9.95. The molecule has 2 saturated carbocycles. The van der Waals surface area contributed by atoms with Gasteiger partial charge in [0.2, 0.25) is 11.2 Å². The Morgan fingerprint density at radius 3 is 2.69 bits per heavy atom. The zero-order chi connectivity index (χ0) is 20.0. The topological polar surface area (TPSA) is 66.9 Å². The van der Waals surface area contributed by atoms with Crippen LogP contribution in [0.15, 0.2) is 42.5 Å². The molecule has 1 amide bonds. The number of amides is 1. The summed E-state index contributed by atoms with van der Waals surface area (Å²) in [6, 6.07) is 14.4. The second-order valence-corrected chi connectivity index (χ2v) is 8.60. The Kier molecular flexibility index (Phi) is 4.63. The molecular formula is C23H23ClN4O. The summed E-state index contributed by atoms with van der Waals surface area (Å²) in [5, 5.41) is 7.76. The van der Waals surface area contributed by atoms with Crippen LogP contribution in [0.3, 0.4) is 0 Å². The molecule has 2 fully saturated rings. The van der Waals surface area contributed by atoms with Crippen LogP contribution < -0.4 is 10.6 Å². The Morgan fingerprint density at radius 2 is 1.93 bits per heavy atom. The number of nitrogens with one attached hydrogen (secondary N) is 2. The fourth-order valence-electron chi connectivity index (χ4n) is 4.97. The minimum absolute atomic E-state index is 0.0824. The largest absolute Gasteiger partial charge is 0.366 e. The van der Waals surface area contributed by atoms with Gasteiger partial charge in [-0.1, -0.05) is 24.6 Å². The van der Waals surface area contributed by atoms with Gasteiger partial charge in [-0.25, -0.2) is 9.97 Å². The summed E-state index contributed by atoms with van der Waals surface area (Å²) in [6.45, 7) is 1.51. The number of halogens is 1. The van der Waals surface area contributed by atoms with Gasteiger partial charge in [-0.05, 0) is 78.1 Å². The number of hydrogen-bond acceptors (Lipinski definition) is 4. The molecule has 0 radical (unpaired) electrons. The van der Waals surface area contributed by atoms with Gasteiger partial charge in [-0.3, -0.25) is 4.79 Å². The molecule has 5 nitrogen and oxygen atoms in total. The minimum Gasteiger partial charge on any atom is -0.366 e. The highest BCUT2D eigenvalue weighted by Gasteiger charge is 2.39. The van der Waals surface area contributed by atoms with Crippen LogP contribution >= 0.6 is 11.6 Å². The summed E-state index contributed by atoms with van der Waals surface area (Å²) in [6.07, 6.45) is 5.21. The second kappa shape index (κ2) is 7.30. The molecule has 1 aromatic heterocycles. The fraction of sp³-hybridized carbons (Fsp3) is 0.348. The van der Waals surface area contributed by atoms with E-state index in [2.05, 4.69) is 26.7 Å². The Labute approximate surface area is 174 Å². The maximum atomic E-state index is 11.4. The first-order chi connectivity index (χ1) is 14.0. The van der Waals surface area contributed by atoms with Crippen LogP contribution in [0.5, 0.6) is 0 Å². The Morgan fingerprint density at radius 1 is 1.07 bits per heavy atom. The van der Waals surface area contributed by atoms with Crippen molar-refractivity contribution < 1.29 is 4.79 Å². The van der Waals surface area contributed by atoms with Crippen molar-refractivity contribution in [2.24, 2.45) is 11.8 Å². The van der Waals surface area contributed by atoms with Crippen LogP contribution in [0.4, 0.5) is 11.5 Å². The van der Waals surface area contributed by atoms with Crippen molar-refractivity contribution in [2.75, 3.05) is 10.6 Å². The van der Waals surface area contributed by atoms with Gasteiger partial charge in [0.15, 0.2) is 0 Å². The van der Waals surface area contributed by atoms with Crippen molar-refractivity contribution in [3.63, 3.8) is 0 Å². The Hall–Kier alpha value is -2.66. The third kappa shape index (κ3) is 3.67. The summed E-state index contributed by atoms with van der Waals surface area (Å²) in [5.41, 5.74) is 3.69. The van der Waals surface area contributed by atoms with Gasteiger partial charge in [-0.2, -0.15) is 0 Å². The van der Waals surface area contributed by atoms with Gasteiger partial charge in [0.1, 0.15) is 5.82 Å². The van der Waals surface area contributed by atoms with Gasteiger partial charge in [0.05, 0.1) is 5.52 Å². The van der Waals surface area contributed by atoms with E-state index >= 15 is 0 Å². The molecule has 0 aliphatic heterocycles. The zero-order valence-electron chi connectivity index (χ0n) is 16.3. The van der Waals surface area contributed by atoms with E-state index in [1.165, 1.54) is 32.6 Å². The zero-order valence-corrected chi connectivity index (χ0v) is 17.0. The number of benzene rings is 2. The standard InChI is InChI=1S/C23H23ClN4O/c1-13(29)25-18-4-2-3-15(11-18)16-7-8-20-19(12-16)22(28-23(24)27-20)26-21-10-14-5-6-17(21)9-14/h2-4,7-8,11-12,14,17,21H,5-6,9-10H2,1H3,(H,25,29)(H,26,27,28)/t14-,17+,21+/m0/s1. The number of nitrogens with zero attached hydrogens (tertiary/aromatic N) is 2. The van der Waals surface area contributed by atoms with Gasteiger partial charge < -0.3 is 10.6 Å². The highest BCUT2D eigenvalue weighted by Crippen LogP contribution is 2.46. The molecule has 2 aromatic carbocycles. The van der Waals surface area contributed by atoms with Gasteiger partial charge in [-0.15, -0.1) is 0 Å². The van der Waals surface area contributed by atoms with Gasteiger partial charge in [0.25, 0.3) is 0 Å². The summed E-state index contributed by atoms with van der Waals surface area (Å²) in [4.78, 5) is 20.3. The first-order valence-electron chi connectivity index (χ1n) is 10.2. The first-order valence-corrected chi connectivity index (χ1v) is 10.5. The molecule has 2 aliphatic rings. The van der Waals surface area contributed by atoms with E-state index in [1.54, 1.807) is 0 Å². The van der Waals surface area contributed by atoms with E-state index in [1.807, 2.05) is 36.4 Å². The molecule has 1 heterocycles. The Balaban J connectivity index is 1.52. The van der Waals surface area contributed by atoms with Crippen molar-refractivity contribution in [3.8, 4) is 11.1 Å². The van der Waals surface area contributed by atoms with Crippen LogP contribution in [-0.4, -0.2) is 21.9 Å². The minimum atomic E-state index is -0.0824. The number of fused-ring (bicyclic) bond motifs is 3. The Bertz CT molecular complexity index is 1100. The van der Waals surface area contributed by atoms with Crippen molar-refractivity contribution in [1.29, 1.82) is 0 Å². The normalized spacial score (nSPS) is 22.8. The maximum Gasteiger partial charge on any atom is 0.224 e. The van der Waals surface area contributed by atoms with E-state index in [0.29, 0.717) is 6.04 Å². The molecule has 0 spiro atoms. The lowest BCUT2D eigenvalue weighted by Crippen LogP contribution is -2.26. The highest BCUT2D eigenvalue weighted by atomic mass is 35.5. The maximum absolute atomic E-state index is 11.4. The third-order valence-electron chi connectivity index (χ3n) is 6.24. The van der Waals surface area contributed by atoms with E-state index in [-0.39, 0.29) is 11.2 Å². The lowest BCUT2D eigenvalue weighted by Gasteiger charge is -2.24. The van der Waals surface area contributed by atoms with Crippen molar-refractivity contribution in [1.82, 2.24) is 9.97 Å². The molecule has 2 N–H and O–H groups in total. The quantitative estimate of drug-likeness (QED) is 0.560. The lowest BCUT2D eigenvalue weighted by molar-refractivity contribution is -0.114. The molecule has 3 aromatic rings. The number of hydrogen-bond donors (Lipinski definition) is 2. The van der Waals surface area contributed by atoms with Crippen LogP contribution in [0.2, 0.25) is 5.28 Å². The summed E-state index contributed by atoms with van der Waals surface area (Å²) >= 11 is 6.21. The predicted octanol–water partition coefficient (Wildman–Crippen LogP) is 5.51. The fourth-order valence-corrected chi connectivity index (χ4v) is 5.14. The molecule has 0 saturated heterocycles. The van der Waals surface area contributed by atoms with E-state index in [0.717, 1.165) is 45.4 Å². The van der Waals surface area contributed by atoms with Crippen molar-refractivity contribution >= 4 is 39.9 Å². The van der Waals surface area contributed by atoms with Crippen LogP contribution in [0.25, 0.3) is 22.0 Å². The molecule has 5 rings (SSSR count). The molecule has 2 aliphatic carbocycles. The average molecular weight is 407 g/mol. The van der Waals surface area contributed by atoms with Crippen molar-refractivity contribution in [2.45, 2.75) is 38.6 Å². The van der Waals surface area contributed by atoms with Crippen LogP contribution in [-0.2, 0) is 4.79 Å². The van der Waals surface area contributed by atoms with E-state index in [9.17, 15) is 4.79 Å². The SMILES string of the molecule is CC(=O)Nc1cccc(-c2ccc3nc(Cl)nc(N[C@@H]4C[C@H]5CC[C@@H]4C5)c3c2)c1. The van der Waals surface area contributed by atoms with Gasteiger partial charge in [0, 0.05) is 24.0 Å². The summed E-state index contributed by atoms with van der Waals surface area (Å²) in [7, 11) is 0. The van der Waals surface area contributed by atoms with Crippen LogP contribution in [0, 0.1) is 11.8 Å². The van der Waals surface area contributed by atoms with Crippen molar-refractivity contribution in [3.05, 3.63) is 47.7 Å². The number of rotatable bonds is 4. The number of carbonyl (C=O) groups excluding carboxylic acids is 1. The molecule has 3 atom stereocenters. The summed E-state index contributed by atoms with van der Waals surface area (Å²) in [5.74, 6) is 2.33. The highest BCUT2D eigenvalue weighted by molar-refractivity contribution is 6.28. The molecule has 6 heteroatoms. The summed E-state index contributed by atoms with van der Waals surface area (Å²) < 4.78 is 0. The first kappa shape index (κ1) is 18.4.